The standard InChI is InChI=1S/C13H10F3N5O2S/c1-20-12(22)21(19-18-20)9-5-3-2-4-8(9)6-23-11-17-10(7-24-11)13(14,15)16/h2-5,7H,6H2,1H3. The van der Waals surface area contributed by atoms with Gasteiger partial charge in [-0.1, -0.05) is 29.5 Å². The van der Waals surface area contributed by atoms with E-state index in [1.165, 1.54) is 7.05 Å². The summed E-state index contributed by atoms with van der Waals surface area (Å²) in [6, 6.07) is 6.73. The summed E-state index contributed by atoms with van der Waals surface area (Å²) in [5.74, 6) is 0. The summed E-state index contributed by atoms with van der Waals surface area (Å²) in [6.07, 6.45) is -4.51. The highest BCUT2D eigenvalue weighted by Gasteiger charge is 2.34. The molecule has 3 aromatic rings. The molecule has 0 fully saturated rings. The molecule has 0 aliphatic carbocycles. The maximum Gasteiger partial charge on any atom is 0.434 e. The molecule has 2 aromatic heterocycles. The fraction of sp³-hybridized carbons (Fsp3) is 0.231. The van der Waals surface area contributed by atoms with Gasteiger partial charge in [-0.15, -0.1) is 0 Å². The summed E-state index contributed by atoms with van der Waals surface area (Å²) in [6.45, 7) is -0.0655. The van der Waals surface area contributed by atoms with Gasteiger partial charge in [-0.2, -0.15) is 27.5 Å². The van der Waals surface area contributed by atoms with Crippen molar-refractivity contribution in [3.05, 3.63) is 51.4 Å². The zero-order valence-electron chi connectivity index (χ0n) is 12.2. The molecule has 7 nitrogen and oxygen atoms in total. The fourth-order valence-corrected chi connectivity index (χ4v) is 2.57. The minimum Gasteiger partial charge on any atom is -0.465 e. The third-order valence-electron chi connectivity index (χ3n) is 3.07. The Morgan fingerprint density at radius 3 is 2.62 bits per heavy atom. The predicted molar refractivity (Wildman–Crippen MR) is 78.0 cm³/mol. The minimum atomic E-state index is -4.51. The van der Waals surface area contributed by atoms with Crippen LogP contribution in [0.1, 0.15) is 11.3 Å². The molecular formula is C13H10F3N5O2S. The first-order valence-electron chi connectivity index (χ1n) is 6.59. The average molecular weight is 357 g/mol. The molecule has 0 saturated carbocycles. The van der Waals surface area contributed by atoms with Gasteiger partial charge in [0.05, 0.1) is 5.69 Å². The van der Waals surface area contributed by atoms with Crippen molar-refractivity contribution >= 4 is 11.3 Å². The second-order valence-corrected chi connectivity index (χ2v) is 5.53. The van der Waals surface area contributed by atoms with Crippen LogP contribution >= 0.6 is 11.3 Å². The number of tetrazole rings is 1. The minimum absolute atomic E-state index is 0.0655. The first kappa shape index (κ1) is 16.2. The monoisotopic (exact) mass is 357 g/mol. The smallest absolute Gasteiger partial charge is 0.434 e. The third kappa shape index (κ3) is 3.15. The van der Waals surface area contributed by atoms with Crippen molar-refractivity contribution in [1.82, 2.24) is 24.8 Å². The molecule has 0 aliphatic rings. The second-order valence-electron chi connectivity index (χ2n) is 4.71. The van der Waals surface area contributed by atoms with Gasteiger partial charge >= 0.3 is 11.9 Å². The number of ether oxygens (including phenoxy) is 1. The molecule has 0 bridgehead atoms. The molecule has 0 saturated heterocycles. The van der Waals surface area contributed by atoms with E-state index >= 15 is 0 Å². The number of halogens is 3. The lowest BCUT2D eigenvalue weighted by atomic mass is 10.2. The van der Waals surface area contributed by atoms with E-state index in [1.807, 2.05) is 0 Å². The van der Waals surface area contributed by atoms with Crippen LogP contribution in [0.25, 0.3) is 5.69 Å². The zero-order valence-corrected chi connectivity index (χ0v) is 13.0. The molecule has 0 radical (unpaired) electrons. The van der Waals surface area contributed by atoms with Crippen LogP contribution in [0.3, 0.4) is 0 Å². The number of nitrogens with zero attached hydrogens (tertiary/aromatic N) is 5. The highest BCUT2D eigenvalue weighted by Crippen LogP contribution is 2.32. The van der Waals surface area contributed by atoms with Crippen LogP contribution in [-0.2, 0) is 19.8 Å². The molecular weight excluding hydrogens is 347 g/mol. The molecule has 0 atom stereocenters. The van der Waals surface area contributed by atoms with Crippen LogP contribution in [0, 0.1) is 0 Å². The summed E-state index contributed by atoms with van der Waals surface area (Å²) in [5.41, 5.74) is -0.455. The summed E-state index contributed by atoms with van der Waals surface area (Å²) in [4.78, 5) is 15.3. The molecule has 11 heteroatoms. The van der Waals surface area contributed by atoms with Crippen molar-refractivity contribution in [2.45, 2.75) is 12.8 Å². The molecule has 0 amide bonds. The van der Waals surface area contributed by atoms with E-state index in [0.29, 0.717) is 11.3 Å². The van der Waals surface area contributed by atoms with E-state index in [1.54, 1.807) is 24.3 Å². The Labute approximate surface area is 136 Å². The Morgan fingerprint density at radius 1 is 1.25 bits per heavy atom. The van der Waals surface area contributed by atoms with Crippen molar-refractivity contribution in [3.63, 3.8) is 0 Å². The summed E-state index contributed by atoms with van der Waals surface area (Å²) in [5, 5.41) is 8.14. The van der Waals surface area contributed by atoms with Crippen LogP contribution in [0.2, 0.25) is 0 Å². The third-order valence-corrected chi connectivity index (χ3v) is 3.82. The number of aromatic nitrogens is 5. The van der Waals surface area contributed by atoms with Crippen molar-refractivity contribution in [1.29, 1.82) is 0 Å². The Kier molecular flexibility index (Phi) is 4.09. The van der Waals surface area contributed by atoms with Gasteiger partial charge in [0.1, 0.15) is 6.61 Å². The fourth-order valence-electron chi connectivity index (χ4n) is 1.90. The van der Waals surface area contributed by atoms with Gasteiger partial charge in [-0.25, -0.2) is 4.79 Å². The van der Waals surface area contributed by atoms with E-state index in [9.17, 15) is 18.0 Å². The van der Waals surface area contributed by atoms with E-state index in [0.717, 1.165) is 26.1 Å². The van der Waals surface area contributed by atoms with Crippen molar-refractivity contribution in [2.24, 2.45) is 7.05 Å². The summed E-state index contributed by atoms with van der Waals surface area (Å²) < 4.78 is 45.1. The second kappa shape index (κ2) is 6.07. The number of rotatable bonds is 4. The lowest BCUT2D eigenvalue weighted by molar-refractivity contribution is -0.140. The number of para-hydroxylation sites is 1. The first-order valence-corrected chi connectivity index (χ1v) is 7.47. The molecule has 1 aromatic carbocycles. The van der Waals surface area contributed by atoms with Gasteiger partial charge in [-0.05, 0) is 16.5 Å². The van der Waals surface area contributed by atoms with Crippen molar-refractivity contribution < 1.29 is 17.9 Å². The van der Waals surface area contributed by atoms with Crippen LogP contribution in [0.5, 0.6) is 5.19 Å². The number of hydrogen-bond donors (Lipinski definition) is 0. The maximum atomic E-state index is 12.5. The van der Waals surface area contributed by atoms with Gasteiger partial charge in [0, 0.05) is 18.0 Å². The maximum absolute atomic E-state index is 12.5. The van der Waals surface area contributed by atoms with E-state index < -0.39 is 17.6 Å². The number of thiazole rings is 1. The number of aryl methyl sites for hydroxylation is 1. The predicted octanol–water partition coefficient (Wildman–Crippen LogP) is 2.02. The molecule has 0 aliphatic heterocycles. The Hall–Kier alpha value is -2.69. The Balaban J connectivity index is 1.83. The zero-order chi connectivity index (χ0) is 17.3. The Bertz CT molecular complexity index is 915. The van der Waals surface area contributed by atoms with E-state index in [2.05, 4.69) is 15.4 Å². The van der Waals surface area contributed by atoms with Crippen LogP contribution in [0.15, 0.2) is 34.4 Å². The van der Waals surface area contributed by atoms with Gasteiger partial charge in [0.15, 0.2) is 5.69 Å². The number of alkyl halides is 3. The number of hydrogen-bond acceptors (Lipinski definition) is 6. The largest absolute Gasteiger partial charge is 0.465 e. The van der Waals surface area contributed by atoms with E-state index in [-0.39, 0.29) is 11.8 Å². The highest BCUT2D eigenvalue weighted by molar-refractivity contribution is 7.11. The van der Waals surface area contributed by atoms with Crippen molar-refractivity contribution in [2.75, 3.05) is 0 Å². The normalized spacial score (nSPS) is 11.7. The molecule has 0 N–H and O–H groups in total. The quantitative estimate of drug-likeness (QED) is 0.714. The topological polar surface area (TPSA) is 74.8 Å². The van der Waals surface area contributed by atoms with Crippen LogP contribution in [-0.4, -0.2) is 24.8 Å². The number of benzene rings is 1. The lowest BCUT2D eigenvalue weighted by Gasteiger charge is -2.08. The van der Waals surface area contributed by atoms with Crippen LogP contribution < -0.4 is 10.4 Å². The molecule has 126 valence electrons. The summed E-state index contributed by atoms with van der Waals surface area (Å²) >= 11 is 0.751. The molecule has 3 rings (SSSR count). The highest BCUT2D eigenvalue weighted by atomic mass is 32.1. The molecule has 2 heterocycles. The first-order chi connectivity index (χ1) is 11.4. The lowest BCUT2D eigenvalue weighted by Crippen LogP contribution is -2.23. The molecule has 24 heavy (non-hydrogen) atoms. The molecule has 0 spiro atoms. The SMILES string of the molecule is Cn1nnn(-c2ccccc2COc2nc(C(F)(F)F)cs2)c1=O. The van der Waals surface area contributed by atoms with Crippen molar-refractivity contribution in [3.8, 4) is 10.9 Å². The van der Waals surface area contributed by atoms with E-state index in [4.69, 9.17) is 4.74 Å². The molecule has 0 unspecified atom stereocenters. The Morgan fingerprint density at radius 2 is 2.00 bits per heavy atom. The van der Waals surface area contributed by atoms with Gasteiger partial charge in [0.25, 0.3) is 5.19 Å². The van der Waals surface area contributed by atoms with Gasteiger partial charge in [-0.3, -0.25) is 0 Å². The van der Waals surface area contributed by atoms with Crippen LogP contribution in [0.4, 0.5) is 13.2 Å². The summed E-state index contributed by atoms with van der Waals surface area (Å²) in [7, 11) is 1.46. The van der Waals surface area contributed by atoms with Gasteiger partial charge in [0.2, 0.25) is 0 Å². The average Bonchev–Trinajstić information content (AvgIpc) is 3.14. The van der Waals surface area contributed by atoms with Gasteiger partial charge < -0.3 is 4.74 Å².